The first-order chi connectivity index (χ1) is 26.8. The van der Waals surface area contributed by atoms with Gasteiger partial charge in [-0.25, -0.2) is 0 Å². The van der Waals surface area contributed by atoms with Gasteiger partial charge >= 0.3 is 0 Å². The van der Waals surface area contributed by atoms with Crippen LogP contribution >= 0.6 is 0 Å². The molecule has 0 spiro atoms. The Kier molecular flexibility index (Phi) is 7.68. The van der Waals surface area contributed by atoms with E-state index in [2.05, 4.69) is 198 Å². The molecule has 0 saturated heterocycles. The van der Waals surface area contributed by atoms with Crippen molar-refractivity contribution in [2.75, 3.05) is 0 Å². The molecule has 0 saturated carbocycles. The second-order valence-electron chi connectivity index (χ2n) is 16.4. The van der Waals surface area contributed by atoms with Crippen LogP contribution in [0, 0.1) is 0 Å². The summed E-state index contributed by atoms with van der Waals surface area (Å²) in [6.45, 7) is 9.89. The van der Waals surface area contributed by atoms with Crippen molar-refractivity contribution in [3.63, 3.8) is 0 Å². The number of aromatic nitrogens is 1. The van der Waals surface area contributed by atoms with Crippen LogP contribution in [0.15, 0.2) is 182 Å². The summed E-state index contributed by atoms with van der Waals surface area (Å²) in [7, 11) is 0. The van der Waals surface area contributed by atoms with Crippen molar-refractivity contribution >= 4 is 23.1 Å². The maximum Gasteiger partial charge on any atom is 0.242 e. The smallest absolute Gasteiger partial charge is 0.242 e. The molecule has 7 aromatic carbocycles. The Labute approximate surface area is 325 Å². The van der Waals surface area contributed by atoms with Gasteiger partial charge in [-0.1, -0.05) is 184 Å². The summed E-state index contributed by atoms with van der Waals surface area (Å²) in [6, 6.07) is 62.8. The highest BCUT2D eigenvalue weighted by molar-refractivity contribution is 6.97. The second-order valence-corrected chi connectivity index (χ2v) is 16.4. The number of nitrogens with zero attached hydrogens (tertiary/aromatic N) is 1. The molecule has 8 aromatic rings. The lowest BCUT2D eigenvalue weighted by molar-refractivity contribution is 0.622. The van der Waals surface area contributed by atoms with Crippen molar-refractivity contribution in [1.29, 1.82) is 0 Å². The summed E-state index contributed by atoms with van der Waals surface area (Å²) in [5, 5.41) is 0. The quantitative estimate of drug-likeness (QED) is 0.163. The predicted octanol–water partition coefficient (Wildman–Crippen LogP) is 11.2. The van der Waals surface area contributed by atoms with E-state index in [0.717, 1.165) is 22.3 Å². The van der Waals surface area contributed by atoms with Crippen molar-refractivity contribution in [1.82, 2.24) is 4.98 Å². The van der Waals surface area contributed by atoms with Gasteiger partial charge in [0.25, 0.3) is 0 Å². The molecule has 10 rings (SSSR count). The third-order valence-corrected chi connectivity index (χ3v) is 12.5. The number of pyridine rings is 1. The molecular weight excluding hydrogens is 661 g/mol. The molecule has 2 aliphatic rings. The van der Waals surface area contributed by atoms with Crippen LogP contribution in [-0.4, -0.2) is 11.7 Å². The van der Waals surface area contributed by atoms with Crippen molar-refractivity contribution in [3.05, 3.63) is 205 Å². The highest BCUT2D eigenvalue weighted by Gasteiger charge is 2.48. The fourth-order valence-electron chi connectivity index (χ4n) is 9.59. The Balaban J connectivity index is 1.10. The first kappa shape index (κ1) is 33.3. The number of rotatable bonds is 5. The van der Waals surface area contributed by atoms with Gasteiger partial charge in [0.2, 0.25) is 6.71 Å². The molecule has 3 heterocycles. The van der Waals surface area contributed by atoms with Gasteiger partial charge in [-0.3, -0.25) is 4.98 Å². The molecule has 2 aliphatic heterocycles. The van der Waals surface area contributed by atoms with E-state index in [1.54, 1.807) is 0 Å². The molecule has 0 N–H and O–H groups in total. The molecule has 0 bridgehead atoms. The van der Waals surface area contributed by atoms with Gasteiger partial charge in [-0.15, -0.1) is 0 Å². The lowest BCUT2D eigenvalue weighted by Gasteiger charge is -2.47. The van der Waals surface area contributed by atoms with Gasteiger partial charge in [-0.05, 0) is 97.1 Å². The van der Waals surface area contributed by atoms with Crippen LogP contribution in [0.25, 0.3) is 55.6 Å². The van der Waals surface area contributed by atoms with Crippen LogP contribution < -0.4 is 16.4 Å². The van der Waals surface area contributed by atoms with E-state index < -0.39 is 0 Å². The Morgan fingerprint density at radius 2 is 0.691 bits per heavy atom. The zero-order valence-electron chi connectivity index (χ0n) is 31.8. The maximum absolute atomic E-state index is 4.83. The fraction of sp³-hybridized carbons (Fsp3) is 0.113. The third kappa shape index (κ3) is 5.42. The largest absolute Gasteiger partial charge is 0.263 e. The number of fused-ring (bicyclic) bond motifs is 4. The SMILES string of the molecule is CC1(C)c2ccccc2B2c3ccccc3C(C)(C)c3cc(-c4cccc(-c5cncc(-c6cc(-c7ccccc7)cc(-c7ccccc7)c6)c5)c4)cc1c32. The summed E-state index contributed by atoms with van der Waals surface area (Å²) < 4.78 is 0. The van der Waals surface area contributed by atoms with E-state index in [4.69, 9.17) is 4.98 Å². The van der Waals surface area contributed by atoms with Gasteiger partial charge in [-0.2, -0.15) is 0 Å². The van der Waals surface area contributed by atoms with Gasteiger partial charge in [0.1, 0.15) is 0 Å². The Hall–Kier alpha value is -6.25. The average molecular weight is 704 g/mol. The summed E-state index contributed by atoms with van der Waals surface area (Å²) >= 11 is 0. The van der Waals surface area contributed by atoms with E-state index in [9.17, 15) is 0 Å². The molecule has 0 unspecified atom stereocenters. The zero-order valence-corrected chi connectivity index (χ0v) is 31.8. The van der Waals surface area contributed by atoms with Gasteiger partial charge in [0.05, 0.1) is 0 Å². The Bertz CT molecular complexity index is 2620. The van der Waals surface area contributed by atoms with E-state index in [1.807, 2.05) is 12.4 Å². The van der Waals surface area contributed by atoms with Crippen LogP contribution in [-0.2, 0) is 10.8 Å². The van der Waals surface area contributed by atoms with Crippen LogP contribution in [0.3, 0.4) is 0 Å². The standard InChI is InChI=1S/C53H42BN/c1-52(2)45-22-11-13-24-49(45)54-50-25-14-12-23-46(50)53(3,4)48-32-42(31-47(52)51(48)54)37-20-15-21-38(26-37)43-30-44(34-55-33-43)41-28-39(35-16-7-5-8-17-35)27-40(29-41)36-18-9-6-10-19-36/h5-34H,1-4H3. The summed E-state index contributed by atoms with van der Waals surface area (Å²) in [5.74, 6) is 0. The van der Waals surface area contributed by atoms with Crippen molar-refractivity contribution in [2.45, 2.75) is 38.5 Å². The first-order valence-electron chi connectivity index (χ1n) is 19.5. The van der Waals surface area contributed by atoms with Gasteiger partial charge in [0, 0.05) is 34.4 Å². The molecule has 1 nitrogen and oxygen atoms in total. The molecule has 55 heavy (non-hydrogen) atoms. The van der Waals surface area contributed by atoms with E-state index in [0.29, 0.717) is 0 Å². The number of benzene rings is 7. The van der Waals surface area contributed by atoms with Crippen molar-refractivity contribution in [2.24, 2.45) is 0 Å². The highest BCUT2D eigenvalue weighted by Crippen LogP contribution is 2.43. The van der Waals surface area contributed by atoms with Crippen LogP contribution in [0.4, 0.5) is 0 Å². The molecule has 0 amide bonds. The van der Waals surface area contributed by atoms with Gasteiger partial charge < -0.3 is 0 Å². The molecule has 0 aliphatic carbocycles. The van der Waals surface area contributed by atoms with E-state index >= 15 is 0 Å². The number of hydrogen-bond donors (Lipinski definition) is 0. The molecule has 0 atom stereocenters. The third-order valence-electron chi connectivity index (χ3n) is 12.5. The van der Waals surface area contributed by atoms with Gasteiger partial charge in [0.15, 0.2) is 0 Å². The summed E-state index contributed by atoms with van der Waals surface area (Å²) in [5.41, 5.74) is 21.6. The minimum atomic E-state index is -0.141. The maximum atomic E-state index is 4.83. The fourth-order valence-corrected chi connectivity index (χ4v) is 9.59. The molecule has 0 fully saturated rings. The topological polar surface area (TPSA) is 12.9 Å². The van der Waals surface area contributed by atoms with Crippen molar-refractivity contribution < 1.29 is 0 Å². The lowest BCUT2D eigenvalue weighted by atomic mass is 9.27. The monoisotopic (exact) mass is 703 g/mol. The average Bonchev–Trinajstić information content (AvgIpc) is 3.24. The number of hydrogen-bond acceptors (Lipinski definition) is 1. The molecule has 262 valence electrons. The zero-order chi connectivity index (χ0) is 37.3. The molecule has 1 aromatic heterocycles. The molecule has 2 heteroatoms. The highest BCUT2D eigenvalue weighted by atomic mass is 14.6. The van der Waals surface area contributed by atoms with Crippen molar-refractivity contribution in [3.8, 4) is 55.6 Å². The van der Waals surface area contributed by atoms with E-state index in [-0.39, 0.29) is 17.5 Å². The van der Waals surface area contributed by atoms with E-state index in [1.165, 1.54) is 72.0 Å². The first-order valence-corrected chi connectivity index (χ1v) is 19.5. The lowest BCUT2D eigenvalue weighted by Crippen LogP contribution is -2.66. The molecule has 0 radical (unpaired) electrons. The van der Waals surface area contributed by atoms with Crippen LogP contribution in [0.5, 0.6) is 0 Å². The normalized spacial score (nSPS) is 14.4. The summed E-state index contributed by atoms with van der Waals surface area (Å²) in [4.78, 5) is 4.83. The van der Waals surface area contributed by atoms with Crippen LogP contribution in [0.2, 0.25) is 0 Å². The minimum absolute atomic E-state index is 0.141. The summed E-state index contributed by atoms with van der Waals surface area (Å²) in [6.07, 6.45) is 4.00. The Morgan fingerprint density at radius 3 is 1.22 bits per heavy atom. The minimum Gasteiger partial charge on any atom is -0.263 e. The molecular formula is C53H42BN. The Morgan fingerprint density at radius 1 is 0.327 bits per heavy atom. The predicted molar refractivity (Wildman–Crippen MR) is 233 cm³/mol. The second kappa shape index (κ2) is 12.7. The van der Waals surface area contributed by atoms with Crippen LogP contribution in [0.1, 0.15) is 49.9 Å².